The van der Waals surface area contributed by atoms with Crippen molar-refractivity contribution in [1.82, 2.24) is 15.4 Å². The summed E-state index contributed by atoms with van der Waals surface area (Å²) in [6.07, 6.45) is 4.65. The van der Waals surface area contributed by atoms with Crippen LogP contribution in [-0.2, 0) is 16.6 Å². The molecular weight excluding hydrogens is 406 g/mol. The number of hydrogen-bond donors (Lipinski definition) is 2. The SMILES string of the molecule is CCCc1cc(C(=O)NC[C@]2(c3ccccc3)CC[C@@H](O)[C@H](N3CCOCC3)CC2)no1. The van der Waals surface area contributed by atoms with Gasteiger partial charge in [0.25, 0.3) is 5.91 Å². The highest BCUT2D eigenvalue weighted by Gasteiger charge is 2.40. The summed E-state index contributed by atoms with van der Waals surface area (Å²) in [6.45, 7) is 5.75. The van der Waals surface area contributed by atoms with Crippen molar-refractivity contribution in [1.29, 1.82) is 0 Å². The van der Waals surface area contributed by atoms with E-state index in [1.165, 1.54) is 5.56 Å². The van der Waals surface area contributed by atoms with Gasteiger partial charge < -0.3 is 19.7 Å². The van der Waals surface area contributed by atoms with E-state index in [9.17, 15) is 9.90 Å². The summed E-state index contributed by atoms with van der Waals surface area (Å²) in [5.74, 6) is 0.530. The Morgan fingerprint density at radius 2 is 1.97 bits per heavy atom. The Bertz CT molecular complexity index is 865. The fourth-order valence-electron chi connectivity index (χ4n) is 5.18. The number of ether oxygens (including phenoxy) is 1. The molecule has 2 aromatic rings. The molecule has 7 heteroatoms. The molecule has 2 fully saturated rings. The average Bonchev–Trinajstić information content (AvgIpc) is 3.23. The van der Waals surface area contributed by atoms with Crippen LogP contribution < -0.4 is 5.32 Å². The van der Waals surface area contributed by atoms with Crippen LogP contribution in [0.4, 0.5) is 0 Å². The van der Waals surface area contributed by atoms with E-state index in [0.29, 0.717) is 18.7 Å². The van der Waals surface area contributed by atoms with Crippen molar-refractivity contribution in [3.63, 3.8) is 0 Å². The molecule has 7 nitrogen and oxygen atoms in total. The molecule has 1 saturated heterocycles. The van der Waals surface area contributed by atoms with Crippen molar-refractivity contribution in [2.24, 2.45) is 0 Å². The van der Waals surface area contributed by atoms with Gasteiger partial charge in [0.05, 0.1) is 19.3 Å². The number of nitrogens with zero attached hydrogens (tertiary/aromatic N) is 2. The molecule has 0 spiro atoms. The van der Waals surface area contributed by atoms with Crippen LogP contribution in [0.25, 0.3) is 0 Å². The summed E-state index contributed by atoms with van der Waals surface area (Å²) in [5.41, 5.74) is 1.31. The van der Waals surface area contributed by atoms with Gasteiger partial charge in [0.1, 0.15) is 5.76 Å². The van der Waals surface area contributed by atoms with Gasteiger partial charge in [0.15, 0.2) is 5.69 Å². The van der Waals surface area contributed by atoms with E-state index in [2.05, 4.69) is 34.4 Å². The molecule has 0 bridgehead atoms. The standard InChI is InChI=1S/C25H35N3O4/c1-2-6-20-17-21(27-32-20)24(30)26-18-25(19-7-4-3-5-8-19)11-9-22(23(29)10-12-25)28-13-15-31-16-14-28/h3-5,7-8,17,22-23,29H,2,6,9-16,18H2,1H3,(H,26,30)/t22-,23-,25-/m1/s1. The zero-order valence-corrected chi connectivity index (χ0v) is 19.0. The van der Waals surface area contributed by atoms with Gasteiger partial charge in [-0.2, -0.15) is 0 Å². The van der Waals surface area contributed by atoms with Gasteiger partial charge in [-0.15, -0.1) is 0 Å². The van der Waals surface area contributed by atoms with E-state index in [1.807, 2.05) is 18.2 Å². The topological polar surface area (TPSA) is 87.8 Å². The number of carbonyl (C=O) groups is 1. The van der Waals surface area contributed by atoms with E-state index in [4.69, 9.17) is 9.26 Å². The monoisotopic (exact) mass is 441 g/mol. The summed E-state index contributed by atoms with van der Waals surface area (Å²) < 4.78 is 10.8. The number of benzene rings is 1. The van der Waals surface area contributed by atoms with Gasteiger partial charge in [0.2, 0.25) is 0 Å². The second kappa shape index (κ2) is 10.6. The number of morpholine rings is 1. The normalized spacial score (nSPS) is 27.1. The quantitative estimate of drug-likeness (QED) is 0.643. The molecule has 1 aliphatic heterocycles. The van der Waals surface area contributed by atoms with Crippen LogP contribution in [0.2, 0.25) is 0 Å². The van der Waals surface area contributed by atoms with Gasteiger partial charge >= 0.3 is 0 Å². The first-order chi connectivity index (χ1) is 15.6. The summed E-state index contributed by atoms with van der Waals surface area (Å²) in [7, 11) is 0. The Morgan fingerprint density at radius 1 is 1.22 bits per heavy atom. The van der Waals surface area contributed by atoms with Crippen molar-refractivity contribution >= 4 is 5.91 Å². The van der Waals surface area contributed by atoms with Crippen LogP contribution in [0.3, 0.4) is 0 Å². The molecule has 32 heavy (non-hydrogen) atoms. The average molecular weight is 442 g/mol. The number of nitrogens with one attached hydrogen (secondary N) is 1. The molecule has 2 N–H and O–H groups in total. The van der Waals surface area contributed by atoms with Crippen LogP contribution in [0, 0.1) is 0 Å². The minimum atomic E-state index is -0.374. The van der Waals surface area contributed by atoms with E-state index in [1.54, 1.807) is 6.07 Å². The Kier molecular flexibility index (Phi) is 7.60. The maximum atomic E-state index is 12.8. The maximum Gasteiger partial charge on any atom is 0.273 e. The number of rotatable bonds is 7. The van der Waals surface area contributed by atoms with E-state index in [-0.39, 0.29) is 23.5 Å². The number of aliphatic hydroxyl groups excluding tert-OH is 1. The van der Waals surface area contributed by atoms with Crippen LogP contribution in [-0.4, -0.2) is 66.1 Å². The fraction of sp³-hybridized carbons (Fsp3) is 0.600. The summed E-state index contributed by atoms with van der Waals surface area (Å²) in [5, 5.41) is 18.1. The lowest BCUT2D eigenvalue weighted by Crippen LogP contribution is -2.48. The van der Waals surface area contributed by atoms with Gasteiger partial charge in [0, 0.05) is 43.6 Å². The molecule has 1 saturated carbocycles. The van der Waals surface area contributed by atoms with Crippen molar-refractivity contribution < 1.29 is 19.2 Å². The van der Waals surface area contributed by atoms with E-state index in [0.717, 1.165) is 64.2 Å². The number of aromatic nitrogens is 1. The Labute approximate surface area is 190 Å². The Balaban J connectivity index is 1.50. The molecule has 3 atom stereocenters. The summed E-state index contributed by atoms with van der Waals surface area (Å²) in [6, 6.07) is 12.3. The Hall–Kier alpha value is -2.22. The molecule has 0 radical (unpaired) electrons. The van der Waals surface area contributed by atoms with Crippen LogP contribution in [0.1, 0.15) is 60.8 Å². The molecule has 0 unspecified atom stereocenters. The molecule has 1 aliphatic carbocycles. The van der Waals surface area contributed by atoms with Gasteiger partial charge in [-0.1, -0.05) is 42.4 Å². The number of hydrogen-bond acceptors (Lipinski definition) is 6. The third kappa shape index (κ3) is 5.22. The maximum absolute atomic E-state index is 12.8. The molecule has 1 aromatic heterocycles. The lowest BCUT2D eigenvalue weighted by molar-refractivity contribution is -0.0236. The lowest BCUT2D eigenvalue weighted by Gasteiger charge is -2.37. The van der Waals surface area contributed by atoms with Crippen LogP contribution >= 0.6 is 0 Å². The molecule has 2 heterocycles. The molecule has 4 rings (SSSR count). The van der Waals surface area contributed by atoms with E-state index >= 15 is 0 Å². The van der Waals surface area contributed by atoms with Crippen molar-refractivity contribution in [2.45, 2.75) is 63.0 Å². The fourth-order valence-corrected chi connectivity index (χ4v) is 5.18. The largest absolute Gasteiger partial charge is 0.391 e. The minimum absolute atomic E-state index is 0.132. The van der Waals surface area contributed by atoms with Crippen molar-refractivity contribution in [2.75, 3.05) is 32.8 Å². The van der Waals surface area contributed by atoms with Gasteiger partial charge in [-0.3, -0.25) is 9.69 Å². The lowest BCUT2D eigenvalue weighted by atomic mass is 9.74. The number of amides is 1. The summed E-state index contributed by atoms with van der Waals surface area (Å²) >= 11 is 0. The highest BCUT2D eigenvalue weighted by atomic mass is 16.5. The number of aryl methyl sites for hydroxylation is 1. The van der Waals surface area contributed by atoms with E-state index < -0.39 is 0 Å². The zero-order valence-electron chi connectivity index (χ0n) is 19.0. The van der Waals surface area contributed by atoms with Crippen LogP contribution in [0.5, 0.6) is 0 Å². The first-order valence-corrected chi connectivity index (χ1v) is 11.9. The molecular formula is C25H35N3O4. The van der Waals surface area contributed by atoms with Crippen molar-refractivity contribution in [3.05, 3.63) is 53.4 Å². The van der Waals surface area contributed by atoms with Gasteiger partial charge in [-0.25, -0.2) is 0 Å². The second-order valence-corrected chi connectivity index (χ2v) is 9.12. The molecule has 1 amide bonds. The Morgan fingerprint density at radius 3 is 2.72 bits per heavy atom. The summed E-state index contributed by atoms with van der Waals surface area (Å²) in [4.78, 5) is 15.2. The molecule has 1 aromatic carbocycles. The third-order valence-electron chi connectivity index (χ3n) is 7.06. The number of aliphatic hydroxyl groups is 1. The number of carbonyl (C=O) groups excluding carboxylic acids is 1. The first kappa shape index (κ1) is 23.0. The molecule has 174 valence electrons. The second-order valence-electron chi connectivity index (χ2n) is 9.12. The van der Waals surface area contributed by atoms with Crippen LogP contribution in [0.15, 0.2) is 40.9 Å². The third-order valence-corrected chi connectivity index (χ3v) is 7.06. The highest BCUT2D eigenvalue weighted by Crippen LogP contribution is 2.39. The zero-order chi connectivity index (χ0) is 22.4. The highest BCUT2D eigenvalue weighted by molar-refractivity contribution is 5.92. The van der Waals surface area contributed by atoms with Crippen molar-refractivity contribution in [3.8, 4) is 0 Å². The van der Waals surface area contributed by atoms with Gasteiger partial charge in [-0.05, 0) is 37.7 Å². The first-order valence-electron chi connectivity index (χ1n) is 11.9. The predicted molar refractivity (Wildman–Crippen MR) is 122 cm³/mol. The smallest absolute Gasteiger partial charge is 0.273 e. The minimum Gasteiger partial charge on any atom is -0.391 e. The molecule has 2 aliphatic rings. The predicted octanol–water partition coefficient (Wildman–Crippen LogP) is 2.93.